The Hall–Kier alpha value is -3.18. The predicted molar refractivity (Wildman–Crippen MR) is 124 cm³/mol. The second-order valence-corrected chi connectivity index (χ2v) is 8.24. The Morgan fingerprint density at radius 3 is 2.40 bits per heavy atom. The first kappa shape index (κ1) is 20.1. The largest absolute Gasteiger partial charge is 0.494 e. The van der Waals surface area contributed by atoms with Crippen LogP contribution in [0.25, 0.3) is 10.2 Å². The van der Waals surface area contributed by atoms with Crippen LogP contribution < -0.4 is 9.64 Å². The fourth-order valence-electron chi connectivity index (χ4n) is 3.29. The van der Waals surface area contributed by atoms with Crippen molar-refractivity contribution in [2.75, 3.05) is 11.5 Å². The lowest BCUT2D eigenvalue weighted by Gasteiger charge is -2.20. The van der Waals surface area contributed by atoms with E-state index in [9.17, 15) is 4.79 Å². The summed E-state index contributed by atoms with van der Waals surface area (Å²) >= 11 is 1.55. The zero-order valence-electron chi connectivity index (χ0n) is 17.4. The lowest BCUT2D eigenvalue weighted by atomic mass is 10.1. The Morgan fingerprint density at radius 1 is 1.00 bits per heavy atom. The second kappa shape index (κ2) is 8.67. The monoisotopic (exact) mass is 416 g/mol. The molecule has 0 unspecified atom stereocenters. The number of aryl methyl sites for hydroxylation is 2. The number of anilines is 1. The molecule has 1 aromatic heterocycles. The van der Waals surface area contributed by atoms with Crippen LogP contribution in [0.15, 0.2) is 66.7 Å². The molecule has 0 atom stereocenters. The fourth-order valence-corrected chi connectivity index (χ4v) is 4.33. The number of nitrogens with zero attached hydrogens (tertiary/aromatic N) is 2. The lowest BCUT2D eigenvalue weighted by Crippen LogP contribution is -2.30. The number of benzene rings is 3. The highest BCUT2D eigenvalue weighted by Gasteiger charge is 2.22. The molecule has 0 aliphatic heterocycles. The SMILES string of the molecule is CCOc1ccc(C(=O)N(Cc2ccccc2)c2nc3cc(C)c(C)cc3s2)cc1. The number of ether oxygens (including phenoxy) is 1. The van der Waals surface area contributed by atoms with Crippen molar-refractivity contribution in [1.29, 1.82) is 0 Å². The van der Waals surface area contributed by atoms with Gasteiger partial charge in [-0.15, -0.1) is 0 Å². The number of amides is 1. The molecule has 4 rings (SSSR count). The van der Waals surface area contributed by atoms with Gasteiger partial charge in [0.05, 0.1) is 23.4 Å². The number of hydrogen-bond acceptors (Lipinski definition) is 4. The maximum atomic E-state index is 13.5. The van der Waals surface area contributed by atoms with Crippen LogP contribution >= 0.6 is 11.3 Å². The molecule has 0 N–H and O–H groups in total. The van der Waals surface area contributed by atoms with E-state index in [4.69, 9.17) is 9.72 Å². The summed E-state index contributed by atoms with van der Waals surface area (Å²) in [6.45, 7) is 7.18. The average Bonchev–Trinajstić information content (AvgIpc) is 3.15. The summed E-state index contributed by atoms with van der Waals surface area (Å²) in [5, 5.41) is 0.706. The first-order valence-corrected chi connectivity index (χ1v) is 10.8. The minimum Gasteiger partial charge on any atom is -0.494 e. The van der Waals surface area contributed by atoms with Crippen LogP contribution in [0.2, 0.25) is 0 Å². The van der Waals surface area contributed by atoms with Gasteiger partial charge in [0, 0.05) is 5.56 Å². The summed E-state index contributed by atoms with van der Waals surface area (Å²) in [7, 11) is 0. The summed E-state index contributed by atoms with van der Waals surface area (Å²) in [5.41, 5.74) is 5.03. The zero-order chi connectivity index (χ0) is 21.1. The van der Waals surface area contributed by atoms with Crippen LogP contribution in [0, 0.1) is 13.8 Å². The quantitative estimate of drug-likeness (QED) is 0.378. The molecule has 0 radical (unpaired) electrons. The van der Waals surface area contributed by atoms with E-state index in [2.05, 4.69) is 26.0 Å². The number of aromatic nitrogens is 1. The van der Waals surface area contributed by atoms with E-state index < -0.39 is 0 Å². The Bertz CT molecular complexity index is 1130. The molecule has 0 saturated heterocycles. The van der Waals surface area contributed by atoms with E-state index in [-0.39, 0.29) is 5.91 Å². The molecule has 152 valence electrons. The molecule has 30 heavy (non-hydrogen) atoms. The van der Waals surface area contributed by atoms with Crippen LogP contribution in [0.3, 0.4) is 0 Å². The first-order valence-electron chi connectivity index (χ1n) is 10.0. The van der Waals surface area contributed by atoms with Crippen molar-refractivity contribution < 1.29 is 9.53 Å². The van der Waals surface area contributed by atoms with Crippen molar-refractivity contribution in [3.8, 4) is 5.75 Å². The maximum absolute atomic E-state index is 13.5. The number of thiazole rings is 1. The molecule has 0 saturated carbocycles. The third-order valence-electron chi connectivity index (χ3n) is 5.06. The van der Waals surface area contributed by atoms with Crippen molar-refractivity contribution in [1.82, 2.24) is 4.98 Å². The molecule has 3 aromatic carbocycles. The van der Waals surface area contributed by atoms with Gasteiger partial charge in [-0.3, -0.25) is 9.69 Å². The topological polar surface area (TPSA) is 42.4 Å². The van der Waals surface area contributed by atoms with Crippen LogP contribution in [0.5, 0.6) is 5.75 Å². The van der Waals surface area contributed by atoms with Crippen LogP contribution in [-0.4, -0.2) is 17.5 Å². The van der Waals surface area contributed by atoms with E-state index in [1.54, 1.807) is 16.2 Å². The van der Waals surface area contributed by atoms with Crippen molar-refractivity contribution in [2.45, 2.75) is 27.3 Å². The Balaban J connectivity index is 1.73. The predicted octanol–water partition coefficient (Wildman–Crippen LogP) is 6.16. The zero-order valence-corrected chi connectivity index (χ0v) is 18.2. The van der Waals surface area contributed by atoms with E-state index in [1.165, 1.54) is 11.1 Å². The van der Waals surface area contributed by atoms with Crippen molar-refractivity contribution in [3.63, 3.8) is 0 Å². The molecule has 0 spiro atoms. The first-order chi connectivity index (χ1) is 14.5. The lowest BCUT2D eigenvalue weighted by molar-refractivity contribution is 0.0985. The summed E-state index contributed by atoms with van der Waals surface area (Å²) < 4.78 is 6.60. The molecule has 0 bridgehead atoms. The van der Waals surface area contributed by atoms with E-state index >= 15 is 0 Å². The number of hydrogen-bond donors (Lipinski definition) is 0. The smallest absolute Gasteiger partial charge is 0.260 e. The number of rotatable bonds is 6. The van der Waals surface area contributed by atoms with Crippen LogP contribution in [0.1, 0.15) is 34.0 Å². The van der Waals surface area contributed by atoms with Crippen LogP contribution in [0.4, 0.5) is 5.13 Å². The van der Waals surface area contributed by atoms with Crippen LogP contribution in [-0.2, 0) is 6.54 Å². The highest BCUT2D eigenvalue weighted by molar-refractivity contribution is 7.22. The van der Waals surface area contributed by atoms with Gasteiger partial charge in [-0.25, -0.2) is 4.98 Å². The van der Waals surface area contributed by atoms with Gasteiger partial charge in [0.2, 0.25) is 0 Å². The number of carbonyl (C=O) groups is 1. The minimum absolute atomic E-state index is 0.0746. The minimum atomic E-state index is -0.0746. The second-order valence-electron chi connectivity index (χ2n) is 7.23. The average molecular weight is 417 g/mol. The summed E-state index contributed by atoms with van der Waals surface area (Å²) in [6, 6.07) is 21.5. The van der Waals surface area contributed by atoms with Crippen molar-refractivity contribution in [3.05, 3.63) is 89.0 Å². The highest BCUT2D eigenvalue weighted by atomic mass is 32.1. The molecule has 1 heterocycles. The Kier molecular flexibility index (Phi) is 5.81. The van der Waals surface area contributed by atoms with E-state index in [0.717, 1.165) is 21.5 Å². The summed E-state index contributed by atoms with van der Waals surface area (Å²) in [4.78, 5) is 20.0. The van der Waals surface area contributed by atoms with Gasteiger partial charge in [0.15, 0.2) is 5.13 Å². The fraction of sp³-hybridized carbons (Fsp3) is 0.200. The molecule has 5 heteroatoms. The van der Waals surface area contributed by atoms with Gasteiger partial charge in [0.1, 0.15) is 5.75 Å². The Labute approximate surface area is 180 Å². The maximum Gasteiger partial charge on any atom is 0.260 e. The molecule has 1 amide bonds. The molecular weight excluding hydrogens is 392 g/mol. The third kappa shape index (κ3) is 4.21. The van der Waals surface area contributed by atoms with Gasteiger partial charge in [-0.2, -0.15) is 0 Å². The summed E-state index contributed by atoms with van der Waals surface area (Å²) in [6.07, 6.45) is 0. The van der Waals surface area contributed by atoms with Gasteiger partial charge in [-0.1, -0.05) is 41.7 Å². The number of fused-ring (bicyclic) bond motifs is 1. The molecule has 0 aliphatic rings. The van der Waals surface area contributed by atoms with Gasteiger partial charge in [0.25, 0.3) is 5.91 Å². The number of carbonyl (C=O) groups excluding carboxylic acids is 1. The normalized spacial score (nSPS) is 10.9. The van der Waals surface area contributed by atoms with Gasteiger partial charge in [-0.05, 0) is 73.9 Å². The third-order valence-corrected chi connectivity index (χ3v) is 6.11. The Morgan fingerprint density at radius 2 is 1.70 bits per heavy atom. The van der Waals surface area contributed by atoms with Crippen molar-refractivity contribution in [2.24, 2.45) is 0 Å². The van der Waals surface area contributed by atoms with Gasteiger partial charge >= 0.3 is 0 Å². The van der Waals surface area contributed by atoms with Crippen molar-refractivity contribution >= 4 is 32.6 Å². The molecule has 0 fully saturated rings. The van der Waals surface area contributed by atoms with E-state index in [0.29, 0.717) is 23.8 Å². The molecule has 4 aromatic rings. The van der Waals surface area contributed by atoms with E-state index in [1.807, 2.05) is 61.5 Å². The standard InChI is InChI=1S/C25H24N2O2S/c1-4-29-21-12-10-20(11-13-21)24(28)27(16-19-8-6-5-7-9-19)25-26-22-14-17(2)18(3)15-23(22)30-25/h5-15H,4,16H2,1-3H3. The molecule has 4 nitrogen and oxygen atoms in total. The summed E-state index contributed by atoms with van der Waals surface area (Å²) in [5.74, 6) is 0.684. The highest BCUT2D eigenvalue weighted by Crippen LogP contribution is 2.32. The van der Waals surface area contributed by atoms with Gasteiger partial charge < -0.3 is 4.74 Å². The molecular formula is C25H24N2O2S. The molecule has 0 aliphatic carbocycles.